The first-order valence-corrected chi connectivity index (χ1v) is 9.67. The second-order valence-electron chi connectivity index (χ2n) is 7.40. The van der Waals surface area contributed by atoms with E-state index in [9.17, 15) is 13.2 Å². The molecule has 0 radical (unpaired) electrons. The summed E-state index contributed by atoms with van der Waals surface area (Å²) in [6.45, 7) is 7.04. The molecule has 0 amide bonds. The van der Waals surface area contributed by atoms with Gasteiger partial charge in [-0.2, -0.15) is 0 Å². The second-order valence-corrected chi connectivity index (χ2v) is 9.00. The third kappa shape index (κ3) is 3.30. The summed E-state index contributed by atoms with van der Waals surface area (Å²) in [7, 11) is -2.12. The van der Waals surface area contributed by atoms with Crippen LogP contribution in [0.3, 0.4) is 0 Å². The van der Waals surface area contributed by atoms with E-state index in [4.69, 9.17) is 0 Å². The van der Waals surface area contributed by atoms with Crippen LogP contribution in [0, 0.1) is 6.92 Å². The number of H-pyrrole nitrogens is 1. The molecule has 0 aliphatic carbocycles. The summed E-state index contributed by atoms with van der Waals surface area (Å²) in [5, 5.41) is 0.694. The minimum atomic E-state index is -3.77. The second kappa shape index (κ2) is 6.07. The lowest BCUT2D eigenvalue weighted by Gasteiger charge is -2.21. The van der Waals surface area contributed by atoms with Crippen LogP contribution in [0.25, 0.3) is 22.2 Å². The van der Waals surface area contributed by atoms with Gasteiger partial charge in [0, 0.05) is 35.9 Å². The predicted octanol–water partition coefficient (Wildman–Crippen LogP) is 2.31. The fourth-order valence-corrected chi connectivity index (χ4v) is 4.47. The van der Waals surface area contributed by atoms with Crippen LogP contribution in [0.4, 0.5) is 0 Å². The Bertz CT molecular complexity index is 1150. The summed E-state index contributed by atoms with van der Waals surface area (Å²) in [4.78, 5) is 19.6. The summed E-state index contributed by atoms with van der Waals surface area (Å²) in [5.41, 5.74) is 1.43. The van der Waals surface area contributed by atoms with E-state index in [-0.39, 0.29) is 10.6 Å². The van der Waals surface area contributed by atoms with Crippen LogP contribution in [0.5, 0.6) is 0 Å². The third-order valence-electron chi connectivity index (χ3n) is 3.92. The van der Waals surface area contributed by atoms with Crippen LogP contribution in [0.2, 0.25) is 0 Å². The topological polar surface area (TPSA) is 96.8 Å². The van der Waals surface area contributed by atoms with Gasteiger partial charge >= 0.3 is 0 Å². The third-order valence-corrected chi connectivity index (χ3v) is 5.72. The Morgan fingerprint density at radius 3 is 2.54 bits per heavy atom. The fourth-order valence-electron chi connectivity index (χ4n) is 2.86. The van der Waals surface area contributed by atoms with Crippen molar-refractivity contribution >= 4 is 20.9 Å². The number of fused-ring (bicyclic) bond motifs is 1. The Balaban J connectivity index is 2.23. The summed E-state index contributed by atoms with van der Waals surface area (Å²) in [5.74, 6) is 0. The van der Waals surface area contributed by atoms with E-state index >= 15 is 0 Å². The van der Waals surface area contributed by atoms with Crippen LogP contribution >= 0.6 is 0 Å². The number of nitrogens with one attached hydrogen (secondary N) is 2. The zero-order valence-electron chi connectivity index (χ0n) is 15.4. The summed E-state index contributed by atoms with van der Waals surface area (Å²) >= 11 is 0. The molecule has 3 aromatic heterocycles. The molecule has 0 aliphatic heterocycles. The molecule has 138 valence electrons. The van der Waals surface area contributed by atoms with Gasteiger partial charge in [-0.3, -0.25) is 4.79 Å². The quantitative estimate of drug-likeness (QED) is 0.735. The Labute approximate surface area is 152 Å². The van der Waals surface area contributed by atoms with Gasteiger partial charge in [0.2, 0.25) is 0 Å². The number of nitrogens with zero attached hydrogens (tertiary/aromatic N) is 2. The molecule has 3 rings (SSSR count). The van der Waals surface area contributed by atoms with Crippen molar-refractivity contribution in [3.05, 3.63) is 46.5 Å². The van der Waals surface area contributed by atoms with Gasteiger partial charge in [0.1, 0.15) is 5.52 Å². The average molecular weight is 374 g/mol. The minimum Gasteiger partial charge on any atom is -0.357 e. The van der Waals surface area contributed by atoms with E-state index in [0.717, 1.165) is 0 Å². The molecule has 0 atom stereocenters. The number of hydrogen-bond donors (Lipinski definition) is 2. The molecule has 26 heavy (non-hydrogen) atoms. The van der Waals surface area contributed by atoms with Crippen molar-refractivity contribution in [1.82, 2.24) is 19.3 Å². The van der Waals surface area contributed by atoms with Crippen LogP contribution in [-0.2, 0) is 17.1 Å². The summed E-state index contributed by atoms with van der Waals surface area (Å²) in [6.07, 6.45) is 3.35. The van der Waals surface area contributed by atoms with Gasteiger partial charge in [0.25, 0.3) is 15.6 Å². The Kier molecular flexibility index (Phi) is 4.28. The van der Waals surface area contributed by atoms with Gasteiger partial charge in [0.15, 0.2) is 5.03 Å². The van der Waals surface area contributed by atoms with Gasteiger partial charge in [-0.05, 0) is 45.4 Å². The number of aryl methyl sites for hydroxylation is 2. The van der Waals surface area contributed by atoms with E-state index in [1.807, 2.05) is 0 Å². The average Bonchev–Trinajstić information content (AvgIpc) is 2.99. The molecule has 0 bridgehead atoms. The normalized spacial score (nSPS) is 12.7. The van der Waals surface area contributed by atoms with E-state index < -0.39 is 15.6 Å². The molecule has 0 aliphatic rings. The smallest absolute Gasteiger partial charge is 0.274 e. The van der Waals surface area contributed by atoms with E-state index in [0.29, 0.717) is 27.7 Å². The number of hydrogen-bond acceptors (Lipinski definition) is 4. The van der Waals surface area contributed by atoms with Crippen LogP contribution in [-0.4, -0.2) is 28.5 Å². The first-order chi connectivity index (χ1) is 12.0. The first kappa shape index (κ1) is 18.3. The highest BCUT2D eigenvalue weighted by Crippen LogP contribution is 2.27. The van der Waals surface area contributed by atoms with Crippen molar-refractivity contribution in [2.24, 2.45) is 7.05 Å². The Morgan fingerprint density at radius 2 is 1.88 bits per heavy atom. The highest BCUT2D eigenvalue weighted by molar-refractivity contribution is 7.89. The number of sulfonamides is 1. The molecule has 0 spiro atoms. The summed E-state index contributed by atoms with van der Waals surface area (Å²) < 4.78 is 29.6. The van der Waals surface area contributed by atoms with Crippen LogP contribution in [0.15, 0.2) is 40.4 Å². The van der Waals surface area contributed by atoms with E-state index in [2.05, 4.69) is 14.7 Å². The van der Waals surface area contributed by atoms with Gasteiger partial charge < -0.3 is 9.55 Å². The van der Waals surface area contributed by atoms with Crippen LogP contribution < -0.4 is 10.3 Å². The SMILES string of the molecule is Cc1ccc(-c2cn(C)c(=O)c3[nH]ccc23)nc1S(=O)(=O)NC(C)(C)C. The van der Waals surface area contributed by atoms with Crippen molar-refractivity contribution in [3.63, 3.8) is 0 Å². The van der Waals surface area contributed by atoms with Crippen molar-refractivity contribution < 1.29 is 8.42 Å². The predicted molar refractivity (Wildman–Crippen MR) is 102 cm³/mol. The van der Waals surface area contributed by atoms with Gasteiger partial charge in [-0.1, -0.05) is 6.07 Å². The van der Waals surface area contributed by atoms with Crippen molar-refractivity contribution in [3.8, 4) is 11.3 Å². The monoisotopic (exact) mass is 374 g/mol. The highest BCUT2D eigenvalue weighted by Gasteiger charge is 2.25. The number of aromatic nitrogens is 3. The largest absolute Gasteiger partial charge is 0.357 e. The molecule has 2 N–H and O–H groups in total. The fraction of sp³-hybridized carbons (Fsp3) is 0.333. The van der Waals surface area contributed by atoms with Gasteiger partial charge in [-0.25, -0.2) is 18.1 Å². The van der Waals surface area contributed by atoms with Crippen molar-refractivity contribution in [2.75, 3.05) is 0 Å². The van der Waals surface area contributed by atoms with Gasteiger partial charge in [-0.15, -0.1) is 0 Å². The molecule has 0 fully saturated rings. The lowest BCUT2D eigenvalue weighted by atomic mass is 10.1. The zero-order chi connectivity index (χ0) is 19.3. The molecule has 0 saturated carbocycles. The molecular formula is C18H22N4O3S. The van der Waals surface area contributed by atoms with E-state index in [1.165, 1.54) is 4.57 Å². The maximum Gasteiger partial charge on any atom is 0.274 e. The number of aromatic amines is 1. The Morgan fingerprint density at radius 1 is 1.19 bits per heavy atom. The standard InChI is InChI=1S/C18H22N4O3S/c1-11-6-7-14(20-16(11)26(24,25)21-18(2,3)4)13-10-22(5)17(23)15-12(13)8-9-19-15/h6-10,19,21H,1-5H3. The maximum atomic E-state index is 12.8. The van der Waals surface area contributed by atoms with Crippen molar-refractivity contribution in [2.45, 2.75) is 38.3 Å². The van der Waals surface area contributed by atoms with E-state index in [1.54, 1.807) is 65.3 Å². The van der Waals surface area contributed by atoms with Gasteiger partial charge in [0.05, 0.1) is 5.69 Å². The lowest BCUT2D eigenvalue weighted by Crippen LogP contribution is -2.41. The molecule has 3 aromatic rings. The zero-order valence-corrected chi connectivity index (χ0v) is 16.2. The molecular weight excluding hydrogens is 352 g/mol. The lowest BCUT2D eigenvalue weighted by molar-refractivity contribution is 0.489. The molecule has 3 heterocycles. The summed E-state index contributed by atoms with van der Waals surface area (Å²) in [6, 6.07) is 5.27. The molecule has 7 nitrogen and oxygen atoms in total. The maximum absolute atomic E-state index is 12.8. The van der Waals surface area contributed by atoms with Crippen LogP contribution in [0.1, 0.15) is 26.3 Å². The molecule has 0 aromatic carbocycles. The van der Waals surface area contributed by atoms with Crippen molar-refractivity contribution in [1.29, 1.82) is 0 Å². The number of pyridine rings is 2. The number of rotatable bonds is 3. The minimum absolute atomic E-state index is 0.0116. The molecule has 8 heteroatoms. The molecule has 0 saturated heterocycles. The highest BCUT2D eigenvalue weighted by atomic mass is 32.2. The Hall–Kier alpha value is -2.45. The first-order valence-electron chi connectivity index (χ1n) is 8.18. The molecule has 0 unspecified atom stereocenters.